The van der Waals surface area contributed by atoms with Crippen LogP contribution in [0.1, 0.15) is 46.5 Å². The van der Waals surface area contributed by atoms with Gasteiger partial charge in [-0.05, 0) is 29.9 Å². The minimum Gasteiger partial charge on any atom is -0.468 e. The zero-order valence-corrected chi connectivity index (χ0v) is 13.9. The van der Waals surface area contributed by atoms with Crippen molar-refractivity contribution in [2.24, 2.45) is 16.2 Å². The van der Waals surface area contributed by atoms with Crippen molar-refractivity contribution in [3.63, 3.8) is 0 Å². The first-order chi connectivity index (χ1) is 10.1. The van der Waals surface area contributed by atoms with Gasteiger partial charge in [-0.1, -0.05) is 27.2 Å². The number of ether oxygens (including phenoxy) is 2. The van der Waals surface area contributed by atoms with Gasteiger partial charge in [0.25, 0.3) is 0 Å². The Morgan fingerprint density at radius 3 is 2.09 bits per heavy atom. The summed E-state index contributed by atoms with van der Waals surface area (Å²) in [7, 11) is 2.49. The zero-order valence-electron chi connectivity index (χ0n) is 13.9. The largest absolute Gasteiger partial charge is 0.468 e. The third kappa shape index (κ3) is 2.09. The number of hydrogen-bond donors (Lipinski definition) is 0. The van der Waals surface area contributed by atoms with Crippen molar-refractivity contribution in [2.75, 3.05) is 14.2 Å². The van der Waals surface area contributed by atoms with Crippen LogP contribution in [0, 0.1) is 16.2 Å². The summed E-state index contributed by atoms with van der Waals surface area (Å²) in [4.78, 5) is 37.2. The summed E-state index contributed by atoms with van der Waals surface area (Å²) in [6.45, 7) is 6.18. The fourth-order valence-corrected chi connectivity index (χ4v) is 3.89. The number of fused-ring (bicyclic) bond motifs is 1. The molecule has 1 unspecified atom stereocenters. The van der Waals surface area contributed by atoms with E-state index in [0.717, 1.165) is 6.42 Å². The van der Waals surface area contributed by atoms with Gasteiger partial charge >= 0.3 is 11.9 Å². The smallest absolute Gasteiger partial charge is 0.327 e. The molecule has 0 aliphatic heterocycles. The molecule has 1 atom stereocenters. The van der Waals surface area contributed by atoms with E-state index < -0.39 is 17.4 Å². The molecule has 0 spiro atoms. The third-order valence-electron chi connectivity index (χ3n) is 5.73. The highest BCUT2D eigenvalue weighted by Crippen LogP contribution is 2.59. The summed E-state index contributed by atoms with van der Waals surface area (Å²) >= 11 is 0. The van der Waals surface area contributed by atoms with Crippen LogP contribution in [-0.2, 0) is 23.9 Å². The Morgan fingerprint density at radius 2 is 1.59 bits per heavy atom. The number of methoxy groups -OCH3 is 2. The molecule has 0 bridgehead atoms. The molecule has 122 valence electrons. The maximum atomic E-state index is 12.5. The van der Waals surface area contributed by atoms with Gasteiger partial charge in [0.15, 0.2) is 11.2 Å². The summed E-state index contributed by atoms with van der Waals surface area (Å²) in [5.74, 6) is -1.31. The van der Waals surface area contributed by atoms with Gasteiger partial charge in [-0.15, -0.1) is 0 Å². The standard InChI is InChI=1S/C17H24O5/c1-15(2)10-12(18)11-9-17(13(19)21-4,14(20)22-5)8-6-7-16(11,15)3/h9H,6-8,10H2,1-5H3. The predicted octanol–water partition coefficient (Wildman–Crippen LogP) is 2.43. The van der Waals surface area contributed by atoms with Gasteiger partial charge in [0.2, 0.25) is 0 Å². The molecule has 0 heterocycles. The number of ketones is 1. The molecule has 0 N–H and O–H groups in total. The molecule has 0 aromatic rings. The number of carbonyl (C=O) groups is 3. The van der Waals surface area contributed by atoms with E-state index in [1.165, 1.54) is 20.3 Å². The van der Waals surface area contributed by atoms with E-state index in [1.54, 1.807) is 0 Å². The summed E-state index contributed by atoms with van der Waals surface area (Å²) in [6.07, 6.45) is 3.67. The first kappa shape index (κ1) is 16.7. The van der Waals surface area contributed by atoms with Crippen LogP contribution in [-0.4, -0.2) is 31.9 Å². The summed E-state index contributed by atoms with van der Waals surface area (Å²) < 4.78 is 9.69. The van der Waals surface area contributed by atoms with Crippen molar-refractivity contribution < 1.29 is 23.9 Å². The van der Waals surface area contributed by atoms with E-state index in [4.69, 9.17) is 9.47 Å². The second kappa shape index (κ2) is 5.21. The molecular formula is C17H24O5. The third-order valence-corrected chi connectivity index (χ3v) is 5.73. The molecule has 0 aromatic heterocycles. The highest BCUT2D eigenvalue weighted by atomic mass is 16.5. The molecule has 5 nitrogen and oxygen atoms in total. The van der Waals surface area contributed by atoms with Gasteiger partial charge in [-0.3, -0.25) is 14.4 Å². The van der Waals surface area contributed by atoms with E-state index in [-0.39, 0.29) is 16.6 Å². The Morgan fingerprint density at radius 1 is 1.05 bits per heavy atom. The van der Waals surface area contributed by atoms with E-state index in [2.05, 4.69) is 13.8 Å². The molecule has 2 aliphatic carbocycles. The van der Waals surface area contributed by atoms with Crippen LogP contribution >= 0.6 is 0 Å². The van der Waals surface area contributed by atoms with Gasteiger partial charge in [0, 0.05) is 11.8 Å². The Hall–Kier alpha value is -1.65. The zero-order chi connectivity index (χ0) is 16.8. The fraction of sp³-hybridized carbons (Fsp3) is 0.706. The predicted molar refractivity (Wildman–Crippen MR) is 79.9 cm³/mol. The number of rotatable bonds is 2. The average Bonchev–Trinajstić information content (AvgIpc) is 2.60. The maximum Gasteiger partial charge on any atom is 0.327 e. The van der Waals surface area contributed by atoms with Crippen molar-refractivity contribution in [1.82, 2.24) is 0 Å². The number of carbonyl (C=O) groups excluding carboxylic acids is 3. The molecule has 2 aliphatic rings. The molecule has 0 amide bonds. The fourth-order valence-electron chi connectivity index (χ4n) is 3.89. The van der Waals surface area contributed by atoms with Crippen LogP contribution in [0.3, 0.4) is 0 Å². The number of Topliss-reactive ketones (excluding diaryl/α,β-unsaturated/α-hetero) is 1. The Balaban J connectivity index is 2.66. The molecule has 22 heavy (non-hydrogen) atoms. The quantitative estimate of drug-likeness (QED) is 0.579. The molecule has 0 radical (unpaired) electrons. The minimum absolute atomic E-state index is 0.00609. The molecule has 5 heteroatoms. The molecule has 1 saturated carbocycles. The maximum absolute atomic E-state index is 12.5. The second-order valence-corrected chi connectivity index (χ2v) is 7.18. The molecule has 1 fully saturated rings. The van der Waals surface area contributed by atoms with E-state index in [9.17, 15) is 14.4 Å². The average molecular weight is 308 g/mol. The van der Waals surface area contributed by atoms with Crippen molar-refractivity contribution >= 4 is 17.7 Å². The van der Waals surface area contributed by atoms with Crippen LogP contribution in [0.2, 0.25) is 0 Å². The molecule has 0 saturated heterocycles. The van der Waals surface area contributed by atoms with Gasteiger partial charge in [-0.2, -0.15) is 0 Å². The van der Waals surface area contributed by atoms with Gasteiger partial charge in [0.1, 0.15) is 0 Å². The van der Waals surface area contributed by atoms with Crippen LogP contribution < -0.4 is 0 Å². The molecule has 0 aromatic carbocycles. The molecule has 2 rings (SSSR count). The van der Waals surface area contributed by atoms with Crippen LogP contribution in [0.4, 0.5) is 0 Å². The van der Waals surface area contributed by atoms with Crippen molar-refractivity contribution in [2.45, 2.75) is 46.5 Å². The van der Waals surface area contributed by atoms with Crippen LogP contribution in [0.15, 0.2) is 11.6 Å². The minimum atomic E-state index is -1.51. The number of allylic oxidation sites excluding steroid dienone is 1. The lowest BCUT2D eigenvalue weighted by Gasteiger charge is -2.38. The van der Waals surface area contributed by atoms with Gasteiger partial charge in [0.05, 0.1) is 14.2 Å². The summed E-state index contributed by atoms with van der Waals surface area (Å²) in [5, 5.41) is 0. The second-order valence-electron chi connectivity index (χ2n) is 7.18. The van der Waals surface area contributed by atoms with Gasteiger partial charge in [-0.25, -0.2) is 0 Å². The topological polar surface area (TPSA) is 69.7 Å². The van der Waals surface area contributed by atoms with Crippen LogP contribution in [0.25, 0.3) is 0 Å². The lowest BCUT2D eigenvalue weighted by molar-refractivity contribution is -0.165. The van der Waals surface area contributed by atoms with Crippen molar-refractivity contribution in [3.05, 3.63) is 11.6 Å². The SMILES string of the molecule is COC(=O)C1(C(=O)OC)C=C2C(=O)CC(C)(C)C2(C)CCC1. The van der Waals surface area contributed by atoms with Crippen LogP contribution in [0.5, 0.6) is 0 Å². The van der Waals surface area contributed by atoms with Crippen molar-refractivity contribution in [3.8, 4) is 0 Å². The first-order valence-corrected chi connectivity index (χ1v) is 7.58. The highest BCUT2D eigenvalue weighted by Gasteiger charge is 2.58. The van der Waals surface area contributed by atoms with E-state index in [1.807, 2.05) is 6.92 Å². The van der Waals surface area contributed by atoms with Crippen molar-refractivity contribution in [1.29, 1.82) is 0 Å². The Bertz CT molecular complexity index is 541. The monoisotopic (exact) mass is 308 g/mol. The highest BCUT2D eigenvalue weighted by molar-refractivity contribution is 6.06. The molecular weight excluding hydrogens is 284 g/mol. The lowest BCUT2D eigenvalue weighted by atomic mass is 9.65. The first-order valence-electron chi connectivity index (χ1n) is 7.58. The summed E-state index contributed by atoms with van der Waals surface area (Å²) in [5.41, 5.74) is -1.47. The normalized spacial score (nSPS) is 29.1. The Labute approximate surface area is 131 Å². The van der Waals surface area contributed by atoms with E-state index in [0.29, 0.717) is 24.8 Å². The Kier molecular flexibility index (Phi) is 3.96. The number of esters is 2. The lowest BCUT2D eigenvalue weighted by Crippen LogP contribution is -2.40. The summed E-state index contributed by atoms with van der Waals surface area (Å²) in [6, 6.07) is 0. The van der Waals surface area contributed by atoms with E-state index >= 15 is 0 Å². The van der Waals surface area contributed by atoms with Gasteiger partial charge < -0.3 is 9.47 Å². The number of hydrogen-bond acceptors (Lipinski definition) is 5.